The molecule has 0 radical (unpaired) electrons. The van der Waals surface area contributed by atoms with Crippen LogP contribution < -0.4 is 10.6 Å². The molecule has 3 rings (SSSR count). The number of amides is 4. The van der Waals surface area contributed by atoms with Crippen LogP contribution >= 0.6 is 11.6 Å². The molecule has 1 heterocycles. The third-order valence-electron chi connectivity index (χ3n) is 4.33. The second-order valence-electron chi connectivity index (χ2n) is 6.22. The predicted octanol–water partition coefficient (Wildman–Crippen LogP) is 2.42. The van der Waals surface area contributed by atoms with Gasteiger partial charge in [-0.1, -0.05) is 54.1 Å². The molecule has 1 saturated heterocycles. The number of imide groups is 1. The van der Waals surface area contributed by atoms with E-state index in [1.165, 1.54) is 0 Å². The van der Waals surface area contributed by atoms with Crippen LogP contribution in [-0.2, 0) is 21.7 Å². The predicted molar refractivity (Wildman–Crippen MR) is 97.3 cm³/mol. The Morgan fingerprint density at radius 3 is 2.42 bits per heavy atom. The molecule has 1 aliphatic heterocycles. The van der Waals surface area contributed by atoms with Gasteiger partial charge in [-0.05, 0) is 30.2 Å². The fraction of sp³-hybridized carbons (Fsp3) is 0.211. The molecule has 2 N–H and O–H groups in total. The lowest BCUT2D eigenvalue weighted by Crippen LogP contribution is -2.43. The van der Waals surface area contributed by atoms with Crippen molar-refractivity contribution in [1.82, 2.24) is 15.5 Å². The fourth-order valence-electron chi connectivity index (χ4n) is 2.82. The van der Waals surface area contributed by atoms with E-state index < -0.39 is 23.4 Å². The van der Waals surface area contributed by atoms with E-state index in [0.29, 0.717) is 17.1 Å². The van der Waals surface area contributed by atoms with Crippen LogP contribution in [0.4, 0.5) is 4.79 Å². The van der Waals surface area contributed by atoms with Crippen molar-refractivity contribution in [2.75, 3.05) is 6.54 Å². The SMILES string of the molecule is C[C@]1(c2ccc(Cl)cc2)NC(=O)N(CC(=O)NCc2ccccc2)C1=O. The molecule has 1 aliphatic rings. The summed E-state index contributed by atoms with van der Waals surface area (Å²) < 4.78 is 0. The number of rotatable bonds is 5. The summed E-state index contributed by atoms with van der Waals surface area (Å²) in [7, 11) is 0. The maximum Gasteiger partial charge on any atom is 0.325 e. The van der Waals surface area contributed by atoms with E-state index in [1.54, 1.807) is 31.2 Å². The first-order valence-electron chi connectivity index (χ1n) is 8.11. The molecular formula is C19H18ClN3O3. The van der Waals surface area contributed by atoms with Gasteiger partial charge >= 0.3 is 6.03 Å². The van der Waals surface area contributed by atoms with Crippen molar-refractivity contribution < 1.29 is 14.4 Å². The molecular weight excluding hydrogens is 354 g/mol. The number of nitrogens with zero attached hydrogens (tertiary/aromatic N) is 1. The molecule has 1 atom stereocenters. The Labute approximate surface area is 156 Å². The number of carbonyl (C=O) groups is 3. The molecule has 0 bridgehead atoms. The summed E-state index contributed by atoms with van der Waals surface area (Å²) in [6.45, 7) is 1.61. The molecule has 0 saturated carbocycles. The van der Waals surface area contributed by atoms with E-state index in [4.69, 9.17) is 11.6 Å². The summed E-state index contributed by atoms with van der Waals surface area (Å²) in [6.07, 6.45) is 0. The van der Waals surface area contributed by atoms with E-state index in [-0.39, 0.29) is 6.54 Å². The number of hydrogen-bond acceptors (Lipinski definition) is 3. The van der Waals surface area contributed by atoms with E-state index >= 15 is 0 Å². The van der Waals surface area contributed by atoms with Crippen molar-refractivity contribution in [1.29, 1.82) is 0 Å². The Morgan fingerprint density at radius 1 is 1.12 bits per heavy atom. The minimum absolute atomic E-state index is 0.331. The quantitative estimate of drug-likeness (QED) is 0.792. The summed E-state index contributed by atoms with van der Waals surface area (Å²) in [5.74, 6) is -0.877. The zero-order valence-corrected chi connectivity index (χ0v) is 14.9. The lowest BCUT2D eigenvalue weighted by Gasteiger charge is -2.22. The Hall–Kier alpha value is -2.86. The summed E-state index contributed by atoms with van der Waals surface area (Å²) in [6, 6.07) is 15.5. The first-order valence-corrected chi connectivity index (χ1v) is 8.49. The van der Waals surface area contributed by atoms with Crippen molar-refractivity contribution in [2.45, 2.75) is 19.0 Å². The Balaban J connectivity index is 1.67. The lowest BCUT2D eigenvalue weighted by molar-refractivity contribution is -0.134. The van der Waals surface area contributed by atoms with Crippen LogP contribution in [0.15, 0.2) is 54.6 Å². The standard InChI is InChI=1S/C19H18ClN3O3/c1-19(14-7-9-15(20)10-8-14)17(25)23(18(26)22-19)12-16(24)21-11-13-5-3-2-4-6-13/h2-10H,11-12H2,1H3,(H,21,24)(H,22,26)/t19-/m1/s1. The Kier molecular flexibility index (Phi) is 4.95. The van der Waals surface area contributed by atoms with Gasteiger partial charge in [0.1, 0.15) is 12.1 Å². The zero-order chi connectivity index (χ0) is 18.7. The van der Waals surface area contributed by atoms with Crippen molar-refractivity contribution >= 4 is 29.4 Å². The van der Waals surface area contributed by atoms with Crippen LogP contribution in [0.3, 0.4) is 0 Å². The molecule has 0 unspecified atom stereocenters. The molecule has 7 heteroatoms. The molecule has 0 aromatic heterocycles. The van der Waals surface area contributed by atoms with E-state index in [0.717, 1.165) is 10.5 Å². The Morgan fingerprint density at radius 2 is 1.77 bits per heavy atom. The van der Waals surface area contributed by atoms with Gasteiger partial charge in [-0.2, -0.15) is 0 Å². The van der Waals surface area contributed by atoms with Crippen LogP contribution in [0.5, 0.6) is 0 Å². The average Bonchev–Trinajstić information content (AvgIpc) is 2.85. The second kappa shape index (κ2) is 7.17. The first kappa shape index (κ1) is 17.9. The van der Waals surface area contributed by atoms with Gasteiger partial charge in [0.05, 0.1) is 0 Å². The largest absolute Gasteiger partial charge is 0.350 e. The number of carbonyl (C=O) groups excluding carboxylic acids is 3. The van der Waals surface area contributed by atoms with Crippen LogP contribution in [0.25, 0.3) is 0 Å². The number of nitrogens with one attached hydrogen (secondary N) is 2. The van der Waals surface area contributed by atoms with Crippen molar-refractivity contribution in [3.8, 4) is 0 Å². The molecule has 6 nitrogen and oxygen atoms in total. The lowest BCUT2D eigenvalue weighted by atomic mass is 9.92. The van der Waals surface area contributed by atoms with Crippen molar-refractivity contribution in [2.24, 2.45) is 0 Å². The van der Waals surface area contributed by atoms with Gasteiger partial charge in [0, 0.05) is 11.6 Å². The van der Waals surface area contributed by atoms with Gasteiger partial charge in [0.25, 0.3) is 5.91 Å². The van der Waals surface area contributed by atoms with Crippen molar-refractivity contribution in [3.63, 3.8) is 0 Å². The minimum Gasteiger partial charge on any atom is -0.350 e. The third-order valence-corrected chi connectivity index (χ3v) is 4.58. The van der Waals surface area contributed by atoms with Crippen LogP contribution in [0.2, 0.25) is 5.02 Å². The van der Waals surface area contributed by atoms with Crippen LogP contribution in [0, 0.1) is 0 Å². The summed E-state index contributed by atoms with van der Waals surface area (Å²) in [4.78, 5) is 38.1. The van der Waals surface area contributed by atoms with Crippen LogP contribution in [-0.4, -0.2) is 29.3 Å². The normalized spacial score (nSPS) is 19.4. The summed E-state index contributed by atoms with van der Waals surface area (Å²) >= 11 is 5.88. The topological polar surface area (TPSA) is 78.5 Å². The zero-order valence-electron chi connectivity index (χ0n) is 14.2. The number of halogens is 1. The fourth-order valence-corrected chi connectivity index (χ4v) is 2.94. The first-order chi connectivity index (χ1) is 12.4. The molecule has 134 valence electrons. The average molecular weight is 372 g/mol. The summed E-state index contributed by atoms with van der Waals surface area (Å²) in [5, 5.41) is 5.90. The van der Waals surface area contributed by atoms with Gasteiger partial charge < -0.3 is 10.6 Å². The van der Waals surface area contributed by atoms with Gasteiger partial charge in [0.15, 0.2) is 0 Å². The molecule has 26 heavy (non-hydrogen) atoms. The van der Waals surface area contributed by atoms with Crippen LogP contribution in [0.1, 0.15) is 18.1 Å². The summed E-state index contributed by atoms with van der Waals surface area (Å²) in [5.41, 5.74) is 0.318. The van der Waals surface area contributed by atoms with Gasteiger partial charge in [-0.15, -0.1) is 0 Å². The maximum absolute atomic E-state index is 12.8. The molecule has 0 spiro atoms. The van der Waals surface area contributed by atoms with E-state index in [9.17, 15) is 14.4 Å². The highest BCUT2D eigenvalue weighted by Gasteiger charge is 2.49. The highest BCUT2D eigenvalue weighted by molar-refractivity contribution is 6.30. The maximum atomic E-state index is 12.8. The monoisotopic (exact) mass is 371 g/mol. The molecule has 0 aliphatic carbocycles. The molecule has 2 aromatic carbocycles. The highest BCUT2D eigenvalue weighted by atomic mass is 35.5. The van der Waals surface area contributed by atoms with E-state index in [2.05, 4.69) is 10.6 Å². The smallest absolute Gasteiger partial charge is 0.325 e. The van der Waals surface area contributed by atoms with Gasteiger partial charge in [-0.3, -0.25) is 14.5 Å². The number of hydrogen-bond donors (Lipinski definition) is 2. The Bertz CT molecular complexity index is 839. The minimum atomic E-state index is -1.22. The highest BCUT2D eigenvalue weighted by Crippen LogP contribution is 2.29. The molecule has 2 aromatic rings. The third kappa shape index (κ3) is 3.55. The van der Waals surface area contributed by atoms with Crippen molar-refractivity contribution in [3.05, 3.63) is 70.7 Å². The number of benzene rings is 2. The molecule has 4 amide bonds. The van der Waals surface area contributed by atoms with Gasteiger partial charge in [-0.25, -0.2) is 4.79 Å². The second-order valence-corrected chi connectivity index (χ2v) is 6.65. The molecule has 1 fully saturated rings. The number of urea groups is 1. The van der Waals surface area contributed by atoms with E-state index in [1.807, 2.05) is 30.3 Å². The van der Waals surface area contributed by atoms with Gasteiger partial charge in [0.2, 0.25) is 5.91 Å².